The van der Waals surface area contributed by atoms with Gasteiger partial charge in [0.2, 0.25) is 0 Å². The van der Waals surface area contributed by atoms with Crippen molar-refractivity contribution in [2.75, 3.05) is 7.05 Å². The predicted molar refractivity (Wildman–Crippen MR) is 126 cm³/mol. The average Bonchev–Trinajstić information content (AvgIpc) is 3.09. The van der Waals surface area contributed by atoms with Gasteiger partial charge in [-0.05, 0) is 60.7 Å². The molecular weight excluding hydrogens is 441 g/mol. The van der Waals surface area contributed by atoms with Gasteiger partial charge in [0.15, 0.2) is 0 Å². The first-order valence-electron chi connectivity index (χ1n) is 12.3. The zero-order chi connectivity index (χ0) is 22.6. The Hall–Kier alpha value is 0.689. The number of hydrogen-bond acceptors (Lipinski definition) is 3. The van der Waals surface area contributed by atoms with Crippen LogP contribution >= 0.6 is 10.1 Å². The Labute approximate surface area is 200 Å². The first kappa shape index (κ1) is 26.9. The summed E-state index contributed by atoms with van der Waals surface area (Å²) in [5.41, 5.74) is 4.26. The van der Waals surface area contributed by atoms with Gasteiger partial charge in [0.05, 0.1) is 0 Å². The van der Waals surface area contributed by atoms with E-state index in [9.17, 15) is 0 Å². The van der Waals surface area contributed by atoms with Gasteiger partial charge in [-0.15, -0.1) is 0 Å². The average molecular weight is 490 g/mol. The first-order valence-corrected chi connectivity index (χ1v) is 13.6. The molecule has 3 unspecified atom stereocenters. The van der Waals surface area contributed by atoms with Crippen LogP contribution in [0.5, 0.6) is 0 Å². The van der Waals surface area contributed by atoms with E-state index in [-0.39, 0.29) is 0 Å². The van der Waals surface area contributed by atoms with Crippen molar-refractivity contribution in [3.8, 4) is 0 Å². The van der Waals surface area contributed by atoms with Gasteiger partial charge in [-0.2, -0.15) is 0 Å². The van der Waals surface area contributed by atoms with E-state index in [0.717, 1.165) is 35.5 Å². The third-order valence-electron chi connectivity index (χ3n) is 8.50. The Bertz CT molecular complexity index is 483. The van der Waals surface area contributed by atoms with Gasteiger partial charge >= 0.3 is 25.2 Å². The van der Waals surface area contributed by atoms with Gasteiger partial charge in [-0.3, -0.25) is 5.01 Å². The molecule has 181 valence electrons. The normalized spacial score (nSPS) is 36.8. The molecule has 4 atom stereocenters. The molecule has 5 heteroatoms. The van der Waals surface area contributed by atoms with Crippen LogP contribution in [0.25, 0.3) is 0 Å². The molecule has 1 saturated heterocycles. The molecule has 30 heavy (non-hydrogen) atoms. The second-order valence-corrected chi connectivity index (χ2v) is 12.0. The number of hydrazine groups is 2. The summed E-state index contributed by atoms with van der Waals surface area (Å²) in [6.07, 6.45) is 9.76. The van der Waals surface area contributed by atoms with Crippen molar-refractivity contribution in [1.29, 1.82) is 0 Å². The molecule has 2 saturated carbocycles. The Morgan fingerprint density at radius 3 is 1.83 bits per heavy atom. The van der Waals surface area contributed by atoms with Crippen LogP contribution in [-0.4, -0.2) is 29.1 Å². The van der Waals surface area contributed by atoms with E-state index in [1.807, 2.05) is 0 Å². The van der Waals surface area contributed by atoms with E-state index in [4.69, 9.17) is 0 Å². The fraction of sp³-hybridized carbons (Fsp3) is 0.960. The fourth-order valence-corrected chi connectivity index (χ4v) is 6.59. The number of nitrogens with one attached hydrogen (secondary N) is 1. The van der Waals surface area contributed by atoms with Crippen LogP contribution in [0.2, 0.25) is 0 Å². The minimum absolute atomic E-state index is 0.470. The van der Waals surface area contributed by atoms with Gasteiger partial charge in [0, 0.05) is 13.1 Å². The van der Waals surface area contributed by atoms with Crippen molar-refractivity contribution in [2.24, 2.45) is 40.9 Å². The van der Waals surface area contributed by atoms with E-state index in [2.05, 4.69) is 103 Å². The molecule has 0 amide bonds. The van der Waals surface area contributed by atoms with Crippen LogP contribution in [0, 0.1) is 47.5 Å². The van der Waals surface area contributed by atoms with Crippen LogP contribution < -0.4 is 5.53 Å². The van der Waals surface area contributed by atoms with Crippen molar-refractivity contribution < 1.29 is 15.1 Å². The summed E-state index contributed by atoms with van der Waals surface area (Å²) in [4.78, 5) is 0. The van der Waals surface area contributed by atoms with Crippen LogP contribution in [0.4, 0.5) is 0 Å². The third-order valence-corrected chi connectivity index (χ3v) is 8.50. The SMILES string of the molecule is CC(C)C1CCC[C@H](C(C)C)C1N1[CH-]C(C2CCC(C(C)(C)C)CC2)N(C)N1.[Cl][Cu+]. The maximum absolute atomic E-state index is 4.20. The number of nitrogens with zero attached hydrogens (tertiary/aromatic N) is 2. The first-order chi connectivity index (χ1) is 14.1. The van der Waals surface area contributed by atoms with E-state index in [0.29, 0.717) is 17.5 Å². The van der Waals surface area contributed by atoms with Crippen molar-refractivity contribution in [1.82, 2.24) is 15.6 Å². The van der Waals surface area contributed by atoms with Crippen molar-refractivity contribution in [2.45, 2.75) is 105 Å². The molecule has 0 aromatic rings. The Kier molecular flexibility index (Phi) is 10.5. The van der Waals surface area contributed by atoms with Crippen LogP contribution in [0.15, 0.2) is 0 Å². The molecule has 0 radical (unpaired) electrons. The zero-order valence-electron chi connectivity index (χ0n) is 20.7. The van der Waals surface area contributed by atoms with Gasteiger partial charge in [0.25, 0.3) is 0 Å². The van der Waals surface area contributed by atoms with E-state index in [1.54, 1.807) is 0 Å². The summed E-state index contributed by atoms with van der Waals surface area (Å²) in [5, 5.41) is 4.99. The number of rotatable bonds is 4. The summed E-state index contributed by atoms with van der Waals surface area (Å²) in [6, 6.07) is 1.20. The predicted octanol–water partition coefficient (Wildman–Crippen LogP) is 6.82. The van der Waals surface area contributed by atoms with E-state index in [1.165, 1.54) is 44.9 Å². The van der Waals surface area contributed by atoms with Crippen LogP contribution in [0.1, 0.15) is 93.4 Å². The van der Waals surface area contributed by atoms with E-state index < -0.39 is 0 Å². The van der Waals surface area contributed by atoms with Crippen LogP contribution in [-0.2, 0) is 15.1 Å². The molecule has 0 aromatic carbocycles. The van der Waals surface area contributed by atoms with Gasteiger partial charge < -0.3 is 5.01 Å². The molecule has 1 aliphatic heterocycles. The number of hydrogen-bond donors (Lipinski definition) is 1. The number of likely N-dealkylation sites (N-methyl/N-ethyl adjacent to an activating group) is 1. The summed E-state index contributed by atoms with van der Waals surface area (Å²) >= 11 is 3.66. The molecule has 1 heterocycles. The second kappa shape index (κ2) is 11.7. The van der Waals surface area contributed by atoms with Gasteiger partial charge in [-0.1, -0.05) is 79.7 Å². The molecule has 0 spiro atoms. The molecule has 0 aromatic heterocycles. The third kappa shape index (κ3) is 6.39. The molecule has 1 N–H and O–H groups in total. The van der Waals surface area contributed by atoms with Crippen molar-refractivity contribution >= 4 is 10.1 Å². The molecule has 3 fully saturated rings. The van der Waals surface area contributed by atoms with E-state index >= 15 is 0 Å². The standard InChI is InChI=1S/C25H48N3.ClH.Cu/c1-17(2)21-10-9-11-22(18(3)4)24(21)28-16-23(27(8)26-28)19-12-14-20(15-13-19)25(5,6)7;;/h16-24,26H,9-15H2,1-8H3;1H;/q-1;;+2/p-1/t19?,20?,21-,22?,23?,24?;;/m1../s1. The summed E-state index contributed by atoms with van der Waals surface area (Å²) in [7, 11) is 6.47. The molecule has 3 rings (SSSR count). The summed E-state index contributed by atoms with van der Waals surface area (Å²) in [6.45, 7) is 19.6. The van der Waals surface area contributed by atoms with Gasteiger partial charge in [0.1, 0.15) is 0 Å². The molecule has 3 aliphatic rings. The Morgan fingerprint density at radius 1 is 0.900 bits per heavy atom. The zero-order valence-corrected chi connectivity index (χ0v) is 22.4. The monoisotopic (exact) mass is 488 g/mol. The van der Waals surface area contributed by atoms with Crippen molar-refractivity contribution in [3.05, 3.63) is 6.54 Å². The quantitative estimate of drug-likeness (QED) is 0.345. The maximum atomic E-state index is 4.20. The molecule has 2 aliphatic carbocycles. The molecular formula is C25H48ClCuN3. The Balaban J connectivity index is 0.00000155. The second-order valence-electron chi connectivity index (χ2n) is 12.0. The topological polar surface area (TPSA) is 18.5 Å². The number of halogens is 1. The fourth-order valence-electron chi connectivity index (χ4n) is 6.59. The van der Waals surface area contributed by atoms with Gasteiger partial charge in [-0.25, -0.2) is 12.1 Å². The Morgan fingerprint density at radius 2 is 1.40 bits per heavy atom. The molecule has 0 bridgehead atoms. The van der Waals surface area contributed by atoms with Crippen LogP contribution in [0.3, 0.4) is 0 Å². The molecule has 3 nitrogen and oxygen atoms in total. The summed E-state index contributed by atoms with van der Waals surface area (Å²) < 4.78 is 0. The minimum atomic E-state index is 0.470. The summed E-state index contributed by atoms with van der Waals surface area (Å²) in [5.74, 6) is 4.82. The van der Waals surface area contributed by atoms with Crippen molar-refractivity contribution in [3.63, 3.8) is 0 Å².